The van der Waals surface area contributed by atoms with Crippen LogP contribution in [0.15, 0.2) is 48.5 Å². The highest BCUT2D eigenvalue weighted by Gasteiger charge is 2.46. The normalized spacial score (nSPS) is 16.5. The molecule has 2 aliphatic rings. The summed E-state index contributed by atoms with van der Waals surface area (Å²) in [5, 5.41) is 4.94. The summed E-state index contributed by atoms with van der Waals surface area (Å²) < 4.78 is 1.50. The van der Waals surface area contributed by atoms with Gasteiger partial charge in [-0.1, -0.05) is 29.8 Å². The summed E-state index contributed by atoms with van der Waals surface area (Å²) in [5.74, 6) is -0.852. The van der Waals surface area contributed by atoms with Gasteiger partial charge in [0.05, 0.1) is 5.69 Å². The van der Waals surface area contributed by atoms with Crippen LogP contribution in [0.1, 0.15) is 72.6 Å². The number of hydrogen-bond donors (Lipinski definition) is 1. The first-order chi connectivity index (χ1) is 17.6. The highest BCUT2D eigenvalue weighted by molar-refractivity contribution is 6.30. The summed E-state index contributed by atoms with van der Waals surface area (Å²) in [7, 11) is 0. The molecule has 5 rings (SSSR count). The lowest BCUT2D eigenvalue weighted by atomic mass is 9.93. The molecule has 37 heavy (non-hydrogen) atoms. The van der Waals surface area contributed by atoms with E-state index in [-0.39, 0.29) is 17.0 Å². The van der Waals surface area contributed by atoms with Gasteiger partial charge in [-0.25, -0.2) is 4.68 Å². The maximum atomic E-state index is 13.8. The Kier molecular flexibility index (Phi) is 6.62. The molecule has 0 radical (unpaired) electrons. The highest BCUT2D eigenvalue weighted by atomic mass is 35.5. The fourth-order valence-corrected chi connectivity index (χ4v) is 5.78. The third-order valence-electron chi connectivity index (χ3n) is 7.76. The molecule has 1 aromatic heterocycles. The van der Waals surface area contributed by atoms with Gasteiger partial charge in [0, 0.05) is 46.9 Å². The zero-order valence-corrected chi connectivity index (χ0v) is 22.6. The molecule has 1 aliphatic carbocycles. The minimum atomic E-state index is -0.644. The minimum absolute atomic E-state index is 0.133. The van der Waals surface area contributed by atoms with Gasteiger partial charge in [-0.2, -0.15) is 5.10 Å². The van der Waals surface area contributed by atoms with Gasteiger partial charge in [-0.15, -0.1) is 0 Å². The second-order valence-electron chi connectivity index (χ2n) is 10.8. The molecule has 0 atom stereocenters. The highest BCUT2D eigenvalue weighted by Crippen LogP contribution is 2.49. The van der Waals surface area contributed by atoms with Crippen molar-refractivity contribution < 1.29 is 9.59 Å². The standard InChI is InChI=1S/C29H34ClN5O2/c1-18(2)34(19(3)4)17-29(13-14-29)20-8-10-22(11-9-20)33-15-12-24-25(27(31)36)32-35(26(24)28(33)37)23-7-5-6-21(30)16-23/h5-11,16,18-19H,12-15,17H2,1-4H3,(H2,31,36). The Morgan fingerprint density at radius 1 is 1.08 bits per heavy atom. The van der Waals surface area contributed by atoms with Crippen LogP contribution in [0.5, 0.6) is 0 Å². The number of carbonyl (C=O) groups excluding carboxylic acids is 2. The van der Waals surface area contributed by atoms with E-state index in [9.17, 15) is 9.59 Å². The van der Waals surface area contributed by atoms with Gasteiger partial charge >= 0.3 is 0 Å². The van der Waals surface area contributed by atoms with Gasteiger partial charge in [0.15, 0.2) is 5.69 Å². The Bertz CT molecular complexity index is 1330. The Morgan fingerprint density at radius 2 is 1.76 bits per heavy atom. The van der Waals surface area contributed by atoms with Gasteiger partial charge in [-0.3, -0.25) is 14.5 Å². The maximum Gasteiger partial charge on any atom is 0.277 e. The second kappa shape index (κ2) is 9.62. The van der Waals surface area contributed by atoms with E-state index in [0.29, 0.717) is 47.0 Å². The van der Waals surface area contributed by atoms with Crippen molar-refractivity contribution in [1.82, 2.24) is 14.7 Å². The number of aromatic nitrogens is 2. The van der Waals surface area contributed by atoms with E-state index in [2.05, 4.69) is 49.8 Å². The molecule has 0 bridgehead atoms. The van der Waals surface area contributed by atoms with Gasteiger partial charge in [0.25, 0.3) is 11.8 Å². The predicted octanol–water partition coefficient (Wildman–Crippen LogP) is 4.98. The zero-order valence-electron chi connectivity index (χ0n) is 21.9. The van der Waals surface area contributed by atoms with Crippen LogP contribution in [0.25, 0.3) is 5.69 Å². The lowest BCUT2D eigenvalue weighted by Crippen LogP contribution is -2.42. The zero-order chi connectivity index (χ0) is 26.5. The van der Waals surface area contributed by atoms with Crippen LogP contribution in [0.2, 0.25) is 5.02 Å². The molecule has 1 fully saturated rings. The molecule has 0 unspecified atom stereocenters. The summed E-state index contributed by atoms with van der Waals surface area (Å²) in [6, 6.07) is 16.5. The smallest absolute Gasteiger partial charge is 0.277 e. The molecule has 2 aromatic carbocycles. The fourth-order valence-electron chi connectivity index (χ4n) is 5.59. The van der Waals surface area contributed by atoms with Crippen molar-refractivity contribution in [2.75, 3.05) is 18.0 Å². The van der Waals surface area contributed by atoms with E-state index in [1.807, 2.05) is 12.1 Å². The number of carbonyl (C=O) groups is 2. The number of rotatable bonds is 8. The molecule has 3 aromatic rings. The molecule has 1 aliphatic heterocycles. The van der Waals surface area contributed by atoms with Crippen molar-refractivity contribution >= 4 is 29.1 Å². The van der Waals surface area contributed by atoms with Crippen LogP contribution in [-0.2, 0) is 11.8 Å². The largest absolute Gasteiger partial charge is 0.364 e. The summed E-state index contributed by atoms with van der Waals surface area (Å²) in [5.41, 5.74) is 9.65. The number of nitrogens with zero attached hydrogens (tertiary/aromatic N) is 4. The number of anilines is 1. The fraction of sp³-hybridized carbons (Fsp3) is 0.414. The van der Waals surface area contributed by atoms with E-state index in [4.69, 9.17) is 17.3 Å². The number of halogens is 1. The molecular formula is C29H34ClN5O2. The molecule has 1 saturated carbocycles. The topological polar surface area (TPSA) is 84.5 Å². The summed E-state index contributed by atoms with van der Waals surface area (Å²) in [6.45, 7) is 10.5. The summed E-state index contributed by atoms with van der Waals surface area (Å²) in [6.07, 6.45) is 2.86. The van der Waals surface area contributed by atoms with Crippen LogP contribution >= 0.6 is 11.6 Å². The van der Waals surface area contributed by atoms with Crippen molar-refractivity contribution in [3.8, 4) is 5.69 Å². The molecule has 8 heteroatoms. The summed E-state index contributed by atoms with van der Waals surface area (Å²) in [4.78, 5) is 30.2. The maximum absolute atomic E-state index is 13.8. The number of fused-ring (bicyclic) bond motifs is 1. The Hall–Kier alpha value is -3.16. The quantitative estimate of drug-likeness (QED) is 0.455. The van der Waals surface area contributed by atoms with Crippen LogP contribution < -0.4 is 10.6 Å². The lowest BCUT2D eigenvalue weighted by Gasteiger charge is -2.34. The average Bonchev–Trinajstić information content (AvgIpc) is 3.54. The number of primary amides is 1. The van der Waals surface area contributed by atoms with Gasteiger partial charge in [0.1, 0.15) is 5.69 Å². The average molecular weight is 520 g/mol. The van der Waals surface area contributed by atoms with E-state index in [1.165, 1.54) is 23.1 Å². The van der Waals surface area contributed by atoms with Crippen molar-refractivity contribution in [1.29, 1.82) is 0 Å². The van der Waals surface area contributed by atoms with E-state index >= 15 is 0 Å². The number of benzene rings is 2. The van der Waals surface area contributed by atoms with E-state index in [1.54, 1.807) is 29.2 Å². The number of nitrogens with two attached hydrogens (primary N) is 1. The van der Waals surface area contributed by atoms with Crippen LogP contribution in [0.3, 0.4) is 0 Å². The molecule has 0 saturated heterocycles. The van der Waals surface area contributed by atoms with Crippen molar-refractivity contribution in [2.45, 2.75) is 64.5 Å². The van der Waals surface area contributed by atoms with Gasteiger partial charge < -0.3 is 10.6 Å². The summed E-state index contributed by atoms with van der Waals surface area (Å²) >= 11 is 6.20. The molecule has 2 N–H and O–H groups in total. The molecule has 2 amide bonds. The first-order valence-corrected chi connectivity index (χ1v) is 13.3. The van der Waals surface area contributed by atoms with Gasteiger partial charge in [-0.05, 0) is 82.9 Å². The Labute approximate surface area is 223 Å². The van der Waals surface area contributed by atoms with Crippen molar-refractivity contribution in [2.24, 2.45) is 5.73 Å². The first-order valence-electron chi connectivity index (χ1n) is 13.0. The molecular weight excluding hydrogens is 486 g/mol. The van der Waals surface area contributed by atoms with Crippen LogP contribution in [0.4, 0.5) is 5.69 Å². The molecule has 0 spiro atoms. The first kappa shape index (κ1) is 25.5. The van der Waals surface area contributed by atoms with Crippen molar-refractivity contribution in [3.63, 3.8) is 0 Å². The SMILES string of the molecule is CC(C)N(CC1(c2ccc(N3CCc4c(C(N)=O)nn(-c5cccc(Cl)c5)c4C3=O)cc2)CC1)C(C)C. The minimum Gasteiger partial charge on any atom is -0.364 e. The van der Waals surface area contributed by atoms with Crippen LogP contribution in [0, 0.1) is 0 Å². The Balaban J connectivity index is 1.45. The lowest BCUT2D eigenvalue weighted by molar-refractivity contribution is 0.0972. The predicted molar refractivity (Wildman–Crippen MR) is 147 cm³/mol. The second-order valence-corrected chi connectivity index (χ2v) is 11.3. The van der Waals surface area contributed by atoms with Crippen LogP contribution in [-0.4, -0.2) is 51.7 Å². The van der Waals surface area contributed by atoms with Gasteiger partial charge in [0.2, 0.25) is 0 Å². The third kappa shape index (κ3) is 4.66. The van der Waals surface area contributed by atoms with Crippen molar-refractivity contribution in [3.05, 3.63) is 76.1 Å². The third-order valence-corrected chi connectivity index (χ3v) is 7.99. The Morgan fingerprint density at radius 3 is 2.32 bits per heavy atom. The molecule has 7 nitrogen and oxygen atoms in total. The molecule has 194 valence electrons. The molecule has 2 heterocycles. The van der Waals surface area contributed by atoms with E-state index in [0.717, 1.165) is 12.2 Å². The monoisotopic (exact) mass is 519 g/mol. The number of amides is 2. The number of hydrogen-bond acceptors (Lipinski definition) is 4. The van der Waals surface area contributed by atoms with E-state index < -0.39 is 5.91 Å².